The van der Waals surface area contributed by atoms with Gasteiger partial charge >= 0.3 is 5.97 Å². The number of halogens is 2. The summed E-state index contributed by atoms with van der Waals surface area (Å²) in [7, 11) is -0.934. The zero-order valence-electron chi connectivity index (χ0n) is 23.6. The predicted octanol–water partition coefficient (Wildman–Crippen LogP) is 7.29. The Kier molecular flexibility index (Phi) is 10.9. The van der Waals surface area contributed by atoms with E-state index in [0.717, 1.165) is 19.4 Å². The van der Waals surface area contributed by atoms with Gasteiger partial charge in [0.1, 0.15) is 0 Å². The van der Waals surface area contributed by atoms with E-state index in [-0.39, 0.29) is 22.2 Å². The van der Waals surface area contributed by atoms with Crippen molar-refractivity contribution in [2.24, 2.45) is 0 Å². The quantitative estimate of drug-likeness (QED) is 0.0807. The van der Waals surface area contributed by atoms with Gasteiger partial charge < -0.3 is 4.74 Å². The van der Waals surface area contributed by atoms with Crippen molar-refractivity contribution in [2.75, 3.05) is 11.8 Å². The molecule has 0 saturated heterocycles. The first-order valence-electron chi connectivity index (χ1n) is 12.8. The summed E-state index contributed by atoms with van der Waals surface area (Å²) in [5.74, 6) is 5.58. The van der Waals surface area contributed by atoms with E-state index < -0.39 is 19.1 Å². The molecule has 2 aromatic heterocycles. The van der Waals surface area contributed by atoms with Crippen molar-refractivity contribution in [1.82, 2.24) is 9.97 Å². The second kappa shape index (κ2) is 14.2. The maximum Gasteiger partial charge on any atom is 0.305 e. The zero-order valence-corrected chi connectivity index (χ0v) is 28.3. The number of ether oxygens (including phenoxy) is 1. The third kappa shape index (κ3) is 8.90. The van der Waals surface area contributed by atoms with E-state index in [2.05, 4.69) is 31.3 Å². The minimum absolute atomic E-state index is 0.0944. The van der Waals surface area contributed by atoms with Crippen molar-refractivity contribution in [3.05, 3.63) is 75.2 Å². The fraction of sp³-hybridized carbons (Fsp3) is 0.207. The number of rotatable bonds is 7. The Morgan fingerprint density at radius 2 is 1.50 bits per heavy atom. The largest absolute Gasteiger partial charge is 0.469 e. The molecule has 0 saturated carbocycles. The van der Waals surface area contributed by atoms with E-state index in [0.29, 0.717) is 40.1 Å². The van der Waals surface area contributed by atoms with Gasteiger partial charge in [-0.25, -0.2) is 26.8 Å². The fourth-order valence-corrected chi connectivity index (χ4v) is 7.51. The number of hydrogen-bond acceptors (Lipinski definition) is 10. The number of aryl methyl sites for hydroxylation is 2. The fourth-order valence-electron chi connectivity index (χ4n) is 3.86. The van der Waals surface area contributed by atoms with Crippen molar-refractivity contribution in [3.63, 3.8) is 0 Å². The van der Waals surface area contributed by atoms with Crippen LogP contribution in [0.25, 0.3) is 20.4 Å². The molecular weight excluding hydrogens is 686 g/mol. The summed E-state index contributed by atoms with van der Waals surface area (Å²) in [6.07, 6.45) is 1.29. The summed E-state index contributed by atoms with van der Waals surface area (Å²) >= 11 is 9.09. The van der Waals surface area contributed by atoms with E-state index in [4.69, 9.17) is 22.3 Å². The Labute approximate surface area is 272 Å². The third-order valence-corrected chi connectivity index (χ3v) is 10.7. The molecule has 0 fully saturated rings. The highest BCUT2D eigenvalue weighted by Gasteiger charge is 2.17. The average Bonchev–Trinajstić information content (AvgIpc) is 3.53. The first-order valence-corrected chi connectivity index (χ1v) is 18.6. The molecule has 0 spiro atoms. The molecule has 0 aliphatic rings. The summed E-state index contributed by atoms with van der Waals surface area (Å²) in [6.45, 7) is 3.75. The molecule has 5 rings (SSSR count). The number of sulfonamides is 1. The molecule has 15 heteroatoms. The molecule has 3 aromatic carbocycles. The lowest BCUT2D eigenvalue weighted by atomic mass is 10.1. The van der Waals surface area contributed by atoms with Gasteiger partial charge in [0, 0.05) is 28.5 Å². The van der Waals surface area contributed by atoms with Gasteiger partial charge in [-0.2, -0.15) is 0 Å². The van der Waals surface area contributed by atoms with Crippen molar-refractivity contribution >= 4 is 96.1 Å². The topological polar surface area (TPSA) is 132 Å². The molecule has 230 valence electrons. The number of thiazole rings is 2. The van der Waals surface area contributed by atoms with Gasteiger partial charge in [-0.15, -0.1) is 22.7 Å². The Balaban J connectivity index is 0.000000262. The molecule has 2 heterocycles. The monoisotopic (exact) mass is 709 g/mol. The lowest BCUT2D eigenvalue weighted by Crippen LogP contribution is -2.13. The van der Waals surface area contributed by atoms with Crippen LogP contribution < -0.4 is 4.72 Å². The van der Waals surface area contributed by atoms with Crippen LogP contribution in [-0.2, 0) is 28.6 Å². The van der Waals surface area contributed by atoms with Crippen LogP contribution in [0.4, 0.5) is 5.69 Å². The van der Waals surface area contributed by atoms with Crippen LogP contribution in [0.15, 0.2) is 64.4 Å². The van der Waals surface area contributed by atoms with E-state index in [9.17, 15) is 21.6 Å². The van der Waals surface area contributed by atoms with Crippen LogP contribution in [0.2, 0.25) is 5.02 Å². The molecule has 1 N–H and O–H groups in total. The summed E-state index contributed by atoms with van der Waals surface area (Å²) in [4.78, 5) is 19.9. The predicted molar refractivity (Wildman–Crippen MR) is 177 cm³/mol. The van der Waals surface area contributed by atoms with Gasteiger partial charge in [0.05, 0.1) is 58.6 Å². The smallest absolute Gasteiger partial charge is 0.305 e. The molecular formula is C29H25Cl2N3O6S4. The minimum Gasteiger partial charge on any atom is -0.469 e. The number of benzene rings is 3. The Bertz CT molecular complexity index is 2130. The highest BCUT2D eigenvalue weighted by Crippen LogP contribution is 2.28. The number of esters is 1. The van der Waals surface area contributed by atoms with E-state index in [1.54, 1.807) is 42.5 Å². The number of nitrogens with zero attached hydrogens (tertiary/aromatic N) is 2. The lowest BCUT2D eigenvalue weighted by Gasteiger charge is -2.10. The molecule has 0 bridgehead atoms. The summed E-state index contributed by atoms with van der Waals surface area (Å²) in [5.41, 5.74) is 2.10. The van der Waals surface area contributed by atoms with Gasteiger partial charge in [-0.05, 0) is 74.9 Å². The zero-order chi connectivity index (χ0) is 32.1. The first kappa shape index (κ1) is 33.6. The second-order valence-corrected chi connectivity index (χ2v) is 16.3. The number of aromatic nitrogens is 2. The highest BCUT2D eigenvalue weighted by atomic mass is 35.7. The molecule has 0 amide bonds. The van der Waals surface area contributed by atoms with E-state index in [1.807, 2.05) is 13.8 Å². The van der Waals surface area contributed by atoms with Crippen LogP contribution in [-0.4, -0.2) is 39.9 Å². The molecule has 0 radical (unpaired) electrons. The van der Waals surface area contributed by atoms with Crippen molar-refractivity contribution in [2.45, 2.75) is 42.9 Å². The average molecular weight is 711 g/mol. The molecule has 0 atom stereocenters. The molecule has 9 nitrogen and oxygen atoms in total. The molecule has 44 heavy (non-hydrogen) atoms. The number of anilines is 1. The number of methoxy groups -OCH3 is 1. The first-order chi connectivity index (χ1) is 20.7. The van der Waals surface area contributed by atoms with Crippen LogP contribution in [0, 0.1) is 25.7 Å². The number of unbranched alkanes of at least 4 members (excludes halogenated alkanes) is 1. The third-order valence-electron chi connectivity index (χ3n) is 5.88. The van der Waals surface area contributed by atoms with E-state index in [1.165, 1.54) is 41.9 Å². The van der Waals surface area contributed by atoms with E-state index >= 15 is 0 Å². The normalized spacial score (nSPS) is 11.4. The number of carbonyl (C=O) groups is 1. The van der Waals surface area contributed by atoms with Crippen LogP contribution in [0.3, 0.4) is 0 Å². The van der Waals surface area contributed by atoms with Gasteiger partial charge in [0.15, 0.2) is 0 Å². The summed E-state index contributed by atoms with van der Waals surface area (Å²) < 4.78 is 56.9. The lowest BCUT2D eigenvalue weighted by molar-refractivity contribution is -0.140. The Morgan fingerprint density at radius 3 is 2.09 bits per heavy atom. The SMILES string of the molecule is COC(=O)CCCC#Cc1cc(Cl)ccc1NS(=O)(=O)c1ccc2sc(C)nc2c1.Cc1nc2cc(S(=O)(=O)Cl)ccc2s1. The van der Waals surface area contributed by atoms with Crippen molar-refractivity contribution in [1.29, 1.82) is 0 Å². The Morgan fingerprint density at radius 1 is 0.909 bits per heavy atom. The van der Waals surface area contributed by atoms with Crippen LogP contribution in [0.1, 0.15) is 34.8 Å². The number of nitrogens with one attached hydrogen (secondary N) is 1. The molecule has 0 aliphatic heterocycles. The second-order valence-electron chi connectivity index (χ2n) is 9.19. The van der Waals surface area contributed by atoms with Crippen LogP contribution in [0.5, 0.6) is 0 Å². The maximum atomic E-state index is 12.9. The molecule has 5 aromatic rings. The highest BCUT2D eigenvalue weighted by molar-refractivity contribution is 8.13. The van der Waals surface area contributed by atoms with Gasteiger partial charge in [-0.3, -0.25) is 9.52 Å². The minimum atomic E-state index is -3.84. The molecule has 0 unspecified atom stereocenters. The maximum absolute atomic E-state index is 12.9. The van der Waals surface area contributed by atoms with Gasteiger partial charge in [0.25, 0.3) is 19.1 Å². The van der Waals surface area contributed by atoms with Crippen molar-refractivity contribution in [3.8, 4) is 11.8 Å². The summed E-state index contributed by atoms with van der Waals surface area (Å²) in [6, 6.07) is 14.3. The number of fused-ring (bicyclic) bond motifs is 2. The van der Waals surface area contributed by atoms with Gasteiger partial charge in [0.2, 0.25) is 0 Å². The number of hydrogen-bond donors (Lipinski definition) is 1. The molecule has 0 aliphatic carbocycles. The Hall–Kier alpha value is -3.25. The van der Waals surface area contributed by atoms with Crippen LogP contribution >= 0.6 is 45.0 Å². The van der Waals surface area contributed by atoms with Gasteiger partial charge in [-0.1, -0.05) is 23.4 Å². The summed E-state index contributed by atoms with van der Waals surface area (Å²) in [5, 5.41) is 2.22. The van der Waals surface area contributed by atoms with Crippen molar-refractivity contribution < 1.29 is 26.4 Å². The standard InChI is InChI=1S/C21H19ClN2O4S2.C8H6ClNO2S2/c1-14-23-19-13-17(9-11-20(19)29-14)30(26,27)24-18-10-8-16(22)12-15(18)6-4-3-5-7-21(25)28-2;1-5-10-7-4-6(14(9,11)12)2-3-8(7)13-5/h8-13,24H,3,5,7H2,1-2H3;2-4H,1H3. The number of carbonyl (C=O) groups excluding carboxylic acids is 1.